The van der Waals surface area contributed by atoms with Gasteiger partial charge in [0.05, 0.1) is 5.69 Å². The van der Waals surface area contributed by atoms with Gasteiger partial charge < -0.3 is 10.6 Å². The standard InChI is InChI=1S/C25H21FN4OS/c1-32-22-11-5-17(6-12-22)16-27-25(31)18-7-9-21(10-8-18)28-24-14-13-23(29-30-24)19-3-2-4-20(26)15-19/h2-15H,16H2,1H3,(H,27,31)(H,28,30). The van der Waals surface area contributed by atoms with Crippen molar-refractivity contribution in [2.24, 2.45) is 0 Å². The Kier molecular flexibility index (Phi) is 6.77. The molecule has 0 spiro atoms. The normalized spacial score (nSPS) is 10.6. The third kappa shape index (κ3) is 5.50. The number of rotatable bonds is 7. The molecule has 1 heterocycles. The highest BCUT2D eigenvalue weighted by atomic mass is 32.2. The predicted octanol–water partition coefficient (Wildman–Crippen LogP) is 5.68. The Labute approximate surface area is 190 Å². The molecular formula is C25H21FN4OS. The van der Waals surface area contributed by atoms with E-state index in [1.165, 1.54) is 17.0 Å². The molecule has 32 heavy (non-hydrogen) atoms. The molecule has 0 aliphatic rings. The third-order valence-corrected chi connectivity index (χ3v) is 5.56. The van der Waals surface area contributed by atoms with Crippen LogP contribution in [0.1, 0.15) is 15.9 Å². The summed E-state index contributed by atoms with van der Waals surface area (Å²) in [4.78, 5) is 13.6. The molecule has 4 rings (SSSR count). The van der Waals surface area contributed by atoms with E-state index in [9.17, 15) is 9.18 Å². The summed E-state index contributed by atoms with van der Waals surface area (Å²) < 4.78 is 13.4. The van der Waals surface area contributed by atoms with Crippen LogP contribution in [0.3, 0.4) is 0 Å². The molecule has 0 bridgehead atoms. The highest BCUT2D eigenvalue weighted by Gasteiger charge is 2.07. The summed E-state index contributed by atoms with van der Waals surface area (Å²) in [6.07, 6.45) is 2.03. The largest absolute Gasteiger partial charge is 0.348 e. The van der Waals surface area contributed by atoms with E-state index in [1.807, 2.05) is 42.7 Å². The van der Waals surface area contributed by atoms with E-state index in [4.69, 9.17) is 0 Å². The van der Waals surface area contributed by atoms with Crippen molar-refractivity contribution in [3.63, 3.8) is 0 Å². The van der Waals surface area contributed by atoms with Crippen LogP contribution >= 0.6 is 11.8 Å². The maximum atomic E-state index is 13.4. The molecule has 0 aliphatic heterocycles. The van der Waals surface area contributed by atoms with Crippen LogP contribution in [0.4, 0.5) is 15.9 Å². The van der Waals surface area contributed by atoms with Crippen molar-refractivity contribution in [3.05, 3.63) is 102 Å². The number of benzene rings is 3. The number of hydrogen-bond donors (Lipinski definition) is 2. The molecule has 0 aliphatic carbocycles. The highest BCUT2D eigenvalue weighted by Crippen LogP contribution is 2.20. The van der Waals surface area contributed by atoms with Gasteiger partial charge in [-0.05, 0) is 72.5 Å². The first-order valence-electron chi connectivity index (χ1n) is 9.98. The van der Waals surface area contributed by atoms with Crippen LogP contribution in [-0.4, -0.2) is 22.4 Å². The molecular weight excluding hydrogens is 423 g/mol. The van der Waals surface area contributed by atoms with Gasteiger partial charge in [-0.1, -0.05) is 24.3 Å². The molecule has 0 unspecified atom stereocenters. The van der Waals surface area contributed by atoms with E-state index >= 15 is 0 Å². The van der Waals surface area contributed by atoms with Crippen LogP contribution in [0.15, 0.2) is 89.8 Å². The third-order valence-electron chi connectivity index (χ3n) is 4.82. The molecule has 2 N–H and O–H groups in total. The van der Waals surface area contributed by atoms with Gasteiger partial charge in [-0.25, -0.2) is 4.39 Å². The van der Waals surface area contributed by atoms with Crippen LogP contribution in [0.5, 0.6) is 0 Å². The van der Waals surface area contributed by atoms with Gasteiger partial charge in [0.2, 0.25) is 0 Å². The Hall–Kier alpha value is -3.71. The van der Waals surface area contributed by atoms with Crippen LogP contribution in [0, 0.1) is 5.82 Å². The Morgan fingerprint density at radius 1 is 0.938 bits per heavy atom. The maximum absolute atomic E-state index is 13.4. The fourth-order valence-corrected chi connectivity index (χ4v) is 3.49. The van der Waals surface area contributed by atoms with E-state index < -0.39 is 0 Å². The predicted molar refractivity (Wildman–Crippen MR) is 127 cm³/mol. The van der Waals surface area contributed by atoms with Gasteiger partial charge in [0.15, 0.2) is 5.82 Å². The van der Waals surface area contributed by atoms with Gasteiger partial charge >= 0.3 is 0 Å². The summed E-state index contributed by atoms with van der Waals surface area (Å²) in [5, 5.41) is 14.4. The Morgan fingerprint density at radius 2 is 1.72 bits per heavy atom. The van der Waals surface area contributed by atoms with E-state index in [1.54, 1.807) is 48.2 Å². The lowest BCUT2D eigenvalue weighted by molar-refractivity contribution is 0.0951. The second-order valence-electron chi connectivity index (χ2n) is 7.05. The van der Waals surface area contributed by atoms with Crippen LogP contribution in [0.25, 0.3) is 11.3 Å². The zero-order chi connectivity index (χ0) is 22.3. The van der Waals surface area contributed by atoms with Crippen molar-refractivity contribution in [2.45, 2.75) is 11.4 Å². The van der Waals surface area contributed by atoms with Gasteiger partial charge in [-0.3, -0.25) is 4.79 Å². The number of anilines is 2. The fraction of sp³-hybridized carbons (Fsp3) is 0.0800. The Morgan fingerprint density at radius 3 is 2.38 bits per heavy atom. The van der Waals surface area contributed by atoms with Gasteiger partial charge in [-0.15, -0.1) is 22.0 Å². The van der Waals surface area contributed by atoms with E-state index in [2.05, 4.69) is 20.8 Å². The van der Waals surface area contributed by atoms with Crippen molar-refractivity contribution in [1.82, 2.24) is 15.5 Å². The Balaban J connectivity index is 1.34. The second kappa shape index (κ2) is 10.1. The summed E-state index contributed by atoms with van der Waals surface area (Å²) in [5.41, 5.74) is 3.66. The van der Waals surface area contributed by atoms with Crippen molar-refractivity contribution in [3.8, 4) is 11.3 Å². The monoisotopic (exact) mass is 444 g/mol. The fourth-order valence-electron chi connectivity index (χ4n) is 3.08. The molecule has 0 saturated heterocycles. The molecule has 4 aromatic rings. The first-order valence-corrected chi connectivity index (χ1v) is 11.2. The van der Waals surface area contributed by atoms with Gasteiger partial charge in [0.25, 0.3) is 5.91 Å². The number of carbonyl (C=O) groups excluding carboxylic acids is 1. The highest BCUT2D eigenvalue weighted by molar-refractivity contribution is 7.98. The summed E-state index contributed by atoms with van der Waals surface area (Å²) in [6, 6.07) is 25.0. The molecule has 160 valence electrons. The maximum Gasteiger partial charge on any atom is 0.251 e. The molecule has 0 radical (unpaired) electrons. The number of nitrogens with zero attached hydrogens (tertiary/aromatic N) is 2. The number of nitrogens with one attached hydrogen (secondary N) is 2. The SMILES string of the molecule is CSc1ccc(CNC(=O)c2ccc(Nc3ccc(-c4cccc(F)c4)nn3)cc2)cc1. The molecule has 5 nitrogen and oxygen atoms in total. The summed E-state index contributed by atoms with van der Waals surface area (Å²) in [6.45, 7) is 0.473. The average Bonchev–Trinajstić information content (AvgIpc) is 2.84. The number of amides is 1. The lowest BCUT2D eigenvalue weighted by Crippen LogP contribution is -2.22. The minimum absolute atomic E-state index is 0.135. The molecule has 3 aromatic carbocycles. The minimum Gasteiger partial charge on any atom is -0.348 e. The quantitative estimate of drug-likeness (QED) is 0.359. The van der Waals surface area contributed by atoms with Gasteiger partial charge in [-0.2, -0.15) is 0 Å². The van der Waals surface area contributed by atoms with Gasteiger partial charge in [0, 0.05) is 28.3 Å². The molecule has 1 aromatic heterocycles. The van der Waals surface area contributed by atoms with E-state index in [0.29, 0.717) is 29.2 Å². The topological polar surface area (TPSA) is 66.9 Å². The first kappa shape index (κ1) is 21.5. The zero-order valence-corrected chi connectivity index (χ0v) is 18.2. The number of thioether (sulfide) groups is 1. The zero-order valence-electron chi connectivity index (χ0n) is 17.4. The summed E-state index contributed by atoms with van der Waals surface area (Å²) in [7, 11) is 0. The van der Waals surface area contributed by atoms with Crippen molar-refractivity contribution in [2.75, 3.05) is 11.6 Å². The van der Waals surface area contributed by atoms with E-state index in [0.717, 1.165) is 11.3 Å². The first-order chi connectivity index (χ1) is 15.6. The number of carbonyl (C=O) groups is 1. The average molecular weight is 445 g/mol. The van der Waals surface area contributed by atoms with Crippen LogP contribution in [0.2, 0.25) is 0 Å². The minimum atomic E-state index is -0.316. The molecule has 0 atom stereocenters. The lowest BCUT2D eigenvalue weighted by atomic mass is 10.1. The second-order valence-corrected chi connectivity index (χ2v) is 7.93. The van der Waals surface area contributed by atoms with E-state index in [-0.39, 0.29) is 11.7 Å². The molecule has 0 saturated carbocycles. The van der Waals surface area contributed by atoms with Crippen LogP contribution in [-0.2, 0) is 6.54 Å². The van der Waals surface area contributed by atoms with Gasteiger partial charge in [0.1, 0.15) is 5.82 Å². The Bertz CT molecular complexity index is 1200. The van der Waals surface area contributed by atoms with Crippen molar-refractivity contribution < 1.29 is 9.18 Å². The lowest BCUT2D eigenvalue weighted by Gasteiger charge is -2.08. The summed E-state index contributed by atoms with van der Waals surface area (Å²) >= 11 is 1.69. The summed E-state index contributed by atoms with van der Waals surface area (Å²) in [5.74, 6) is 0.102. The number of halogens is 1. The number of hydrogen-bond acceptors (Lipinski definition) is 5. The van der Waals surface area contributed by atoms with Crippen molar-refractivity contribution in [1.29, 1.82) is 0 Å². The molecule has 0 fully saturated rings. The van der Waals surface area contributed by atoms with Crippen molar-refractivity contribution >= 4 is 29.2 Å². The van der Waals surface area contributed by atoms with Crippen LogP contribution < -0.4 is 10.6 Å². The number of aromatic nitrogens is 2. The molecule has 7 heteroatoms. The smallest absolute Gasteiger partial charge is 0.251 e. The molecule has 1 amide bonds.